The summed E-state index contributed by atoms with van der Waals surface area (Å²) in [6.07, 6.45) is -1.35. The van der Waals surface area contributed by atoms with Crippen molar-refractivity contribution in [1.29, 1.82) is 0 Å². The molecule has 0 saturated heterocycles. The molecule has 2 bridgehead atoms. The van der Waals surface area contributed by atoms with E-state index >= 15 is 0 Å². The largest absolute Gasteiger partial charge is 0.454 e. The maximum Gasteiger partial charge on any atom is 0.338 e. The molecule has 7 rings (SSSR count). The molecule has 0 N–H and O–H groups in total. The molecule has 0 fully saturated rings. The molecule has 3 aliphatic carbocycles. The molecule has 3 aliphatic rings. The van der Waals surface area contributed by atoms with Crippen molar-refractivity contribution in [1.82, 2.24) is 0 Å². The van der Waals surface area contributed by atoms with Crippen molar-refractivity contribution in [3.05, 3.63) is 142 Å². The fourth-order valence-electron chi connectivity index (χ4n) is 6.44. The summed E-state index contributed by atoms with van der Waals surface area (Å²) in [5.41, 5.74) is 7.65. The number of fused-ring (bicyclic) bond motifs is 1. The van der Waals surface area contributed by atoms with Crippen LogP contribution in [0.25, 0.3) is 0 Å². The van der Waals surface area contributed by atoms with Crippen molar-refractivity contribution in [2.75, 3.05) is 0 Å². The van der Waals surface area contributed by atoms with E-state index < -0.39 is 24.1 Å². The summed E-state index contributed by atoms with van der Waals surface area (Å²) >= 11 is 0. The van der Waals surface area contributed by atoms with Gasteiger partial charge in [0.1, 0.15) is 0 Å². The van der Waals surface area contributed by atoms with Crippen LogP contribution in [0.4, 0.5) is 0 Å². The molecule has 4 aromatic rings. The highest BCUT2D eigenvalue weighted by atomic mass is 16.6. The van der Waals surface area contributed by atoms with Crippen molar-refractivity contribution in [2.45, 2.75) is 76.4 Å². The predicted octanol–water partition coefficient (Wildman–Crippen LogP) is 8.32. The van der Waals surface area contributed by atoms with Crippen LogP contribution in [-0.4, -0.2) is 24.1 Å². The predicted molar refractivity (Wildman–Crippen MR) is 165 cm³/mol. The number of benzene rings is 4. The Balaban J connectivity index is 1.38. The van der Waals surface area contributed by atoms with E-state index in [2.05, 4.69) is 65.8 Å². The molecule has 0 saturated carbocycles. The quantitative estimate of drug-likeness (QED) is 0.236. The van der Waals surface area contributed by atoms with Crippen LogP contribution in [0.1, 0.15) is 107 Å². The first kappa shape index (κ1) is 28.0. The number of esters is 2. The second-order valence-electron chi connectivity index (χ2n) is 13.6. The summed E-state index contributed by atoms with van der Waals surface area (Å²) in [6, 6.07) is 31.7. The molecule has 4 nitrogen and oxygen atoms in total. The highest BCUT2D eigenvalue weighted by Gasteiger charge is 2.53. The first-order valence-corrected chi connectivity index (χ1v) is 14.7. The lowest BCUT2D eigenvalue weighted by Crippen LogP contribution is -2.51. The van der Waals surface area contributed by atoms with Gasteiger partial charge in [-0.3, -0.25) is 0 Å². The second kappa shape index (κ2) is 10.3. The molecule has 2 atom stereocenters. The third-order valence-corrected chi connectivity index (χ3v) is 8.77. The summed E-state index contributed by atoms with van der Waals surface area (Å²) < 4.78 is 12.7. The van der Waals surface area contributed by atoms with Crippen molar-refractivity contribution in [3.63, 3.8) is 0 Å². The smallest absolute Gasteiger partial charge is 0.338 e. The van der Waals surface area contributed by atoms with Crippen molar-refractivity contribution >= 4 is 11.9 Å². The summed E-state index contributed by atoms with van der Waals surface area (Å²) in [5.74, 6) is -1.33. The number of hydrogen-bond donors (Lipinski definition) is 0. The van der Waals surface area contributed by atoms with E-state index in [1.165, 1.54) is 0 Å². The van der Waals surface area contributed by atoms with Crippen LogP contribution in [0.5, 0.6) is 0 Å². The van der Waals surface area contributed by atoms with Crippen molar-refractivity contribution < 1.29 is 19.1 Å². The van der Waals surface area contributed by atoms with Gasteiger partial charge in [0.2, 0.25) is 0 Å². The van der Waals surface area contributed by atoms with E-state index in [0.717, 1.165) is 33.4 Å². The molecule has 0 heterocycles. The first-order chi connectivity index (χ1) is 19.9. The van der Waals surface area contributed by atoms with Gasteiger partial charge in [-0.15, -0.1) is 0 Å². The number of carbonyl (C=O) groups excluding carboxylic acids is 2. The number of rotatable bonds is 4. The van der Waals surface area contributed by atoms with Crippen LogP contribution in [0, 0.1) is 0 Å². The van der Waals surface area contributed by atoms with Gasteiger partial charge in [0.05, 0.1) is 23.0 Å². The number of ether oxygens (including phenoxy) is 2. The SMILES string of the molecule is CC(C)(C)c1ccc(C(=O)OC2C3c4ccccc4C(c4ccccc43)C2OC(=O)c2ccc(C(C)(C)C)cc2)cc1. The monoisotopic (exact) mass is 558 g/mol. The molecule has 0 amide bonds. The third kappa shape index (κ3) is 4.93. The van der Waals surface area contributed by atoms with E-state index in [0.29, 0.717) is 11.1 Å². The minimum Gasteiger partial charge on any atom is -0.454 e. The van der Waals surface area contributed by atoms with Crippen LogP contribution in [0.2, 0.25) is 0 Å². The zero-order valence-corrected chi connectivity index (χ0v) is 25.2. The lowest BCUT2D eigenvalue weighted by Gasteiger charge is -2.49. The van der Waals surface area contributed by atoms with Crippen LogP contribution >= 0.6 is 0 Å². The third-order valence-electron chi connectivity index (χ3n) is 8.77. The van der Waals surface area contributed by atoms with E-state index in [-0.39, 0.29) is 22.7 Å². The van der Waals surface area contributed by atoms with E-state index in [9.17, 15) is 9.59 Å². The molecule has 4 aromatic carbocycles. The maximum absolute atomic E-state index is 13.6. The average Bonchev–Trinajstić information content (AvgIpc) is 2.97. The maximum atomic E-state index is 13.6. The number of hydrogen-bond acceptors (Lipinski definition) is 4. The Hall–Kier alpha value is -4.18. The van der Waals surface area contributed by atoms with Gasteiger partial charge in [0.15, 0.2) is 12.2 Å². The topological polar surface area (TPSA) is 52.6 Å². The fourth-order valence-corrected chi connectivity index (χ4v) is 6.44. The summed E-state index contributed by atoms with van der Waals surface area (Å²) in [6.45, 7) is 12.9. The van der Waals surface area contributed by atoms with Crippen LogP contribution in [0.3, 0.4) is 0 Å². The molecule has 214 valence electrons. The Kier molecular flexibility index (Phi) is 6.84. The van der Waals surface area contributed by atoms with Gasteiger partial charge >= 0.3 is 11.9 Å². The van der Waals surface area contributed by atoms with E-state index in [4.69, 9.17) is 9.47 Å². The van der Waals surface area contributed by atoms with Gasteiger partial charge in [-0.05, 0) is 68.5 Å². The van der Waals surface area contributed by atoms with Crippen molar-refractivity contribution in [3.8, 4) is 0 Å². The zero-order valence-electron chi connectivity index (χ0n) is 25.2. The Morgan fingerprint density at radius 3 is 1.02 bits per heavy atom. The van der Waals surface area contributed by atoms with Crippen LogP contribution in [-0.2, 0) is 20.3 Å². The van der Waals surface area contributed by atoms with E-state index in [1.54, 1.807) is 0 Å². The molecule has 0 aliphatic heterocycles. The summed E-state index contributed by atoms with van der Waals surface area (Å²) in [7, 11) is 0. The lowest BCUT2D eigenvalue weighted by molar-refractivity contribution is -0.0557. The molecular formula is C38H38O4. The summed E-state index contributed by atoms with van der Waals surface area (Å²) in [5, 5.41) is 0. The Morgan fingerprint density at radius 1 is 0.476 bits per heavy atom. The molecule has 4 heteroatoms. The molecular weight excluding hydrogens is 520 g/mol. The van der Waals surface area contributed by atoms with Crippen molar-refractivity contribution in [2.24, 2.45) is 0 Å². The molecule has 0 aromatic heterocycles. The standard InChI is InChI=1S/C38H38O4/c1-37(2,3)25-19-15-23(16-20-25)35(39)41-33-31-27-11-7-9-13-29(27)32(30-14-10-8-12-28(30)31)34(33)42-36(40)24-17-21-26(22-18-24)38(4,5)6/h7-22,31-34H,1-6H3. The normalized spacial score (nSPS) is 20.8. The Bertz CT molecular complexity index is 1460. The number of carbonyl (C=O) groups is 2. The fraction of sp³-hybridized carbons (Fsp3) is 0.316. The van der Waals surface area contributed by atoms with Gasteiger partial charge in [-0.2, -0.15) is 0 Å². The minimum atomic E-state index is -0.674. The van der Waals surface area contributed by atoms with Gasteiger partial charge in [-0.1, -0.05) is 114 Å². The second-order valence-corrected chi connectivity index (χ2v) is 13.6. The Morgan fingerprint density at radius 2 is 0.762 bits per heavy atom. The summed E-state index contributed by atoms with van der Waals surface area (Å²) in [4.78, 5) is 27.3. The van der Waals surface area contributed by atoms with E-state index in [1.807, 2.05) is 72.8 Å². The van der Waals surface area contributed by atoms with Gasteiger partial charge in [0.25, 0.3) is 0 Å². The lowest BCUT2D eigenvalue weighted by atomic mass is 9.61. The van der Waals surface area contributed by atoms with Crippen LogP contribution < -0.4 is 0 Å². The molecule has 0 spiro atoms. The zero-order chi connectivity index (χ0) is 29.8. The van der Waals surface area contributed by atoms with Gasteiger partial charge in [-0.25, -0.2) is 9.59 Å². The highest BCUT2D eigenvalue weighted by Crippen LogP contribution is 2.55. The van der Waals surface area contributed by atoms with Gasteiger partial charge in [0, 0.05) is 0 Å². The highest BCUT2D eigenvalue weighted by molar-refractivity contribution is 5.91. The molecule has 42 heavy (non-hydrogen) atoms. The molecule has 2 unspecified atom stereocenters. The first-order valence-electron chi connectivity index (χ1n) is 14.7. The molecule has 0 radical (unpaired) electrons. The van der Waals surface area contributed by atoms with Gasteiger partial charge < -0.3 is 9.47 Å². The minimum absolute atomic E-state index is 0.0250. The van der Waals surface area contributed by atoms with Crippen LogP contribution in [0.15, 0.2) is 97.1 Å². The Labute approximate surface area is 248 Å². The average molecular weight is 559 g/mol.